The van der Waals surface area contributed by atoms with Crippen LogP contribution in [-0.2, 0) is 16.1 Å². The number of aromatic nitrogens is 2. The van der Waals surface area contributed by atoms with Gasteiger partial charge in [-0.05, 0) is 33.3 Å². The molecular weight excluding hydrogens is 364 g/mol. The zero-order valence-electron chi connectivity index (χ0n) is 14.2. The normalized spacial score (nSPS) is 18.0. The van der Waals surface area contributed by atoms with Crippen LogP contribution < -0.4 is 5.32 Å². The van der Waals surface area contributed by atoms with Crippen molar-refractivity contribution in [1.29, 1.82) is 0 Å². The third-order valence-electron chi connectivity index (χ3n) is 3.67. The lowest BCUT2D eigenvalue weighted by Gasteiger charge is -2.21. The van der Waals surface area contributed by atoms with Crippen LogP contribution in [0.3, 0.4) is 0 Å². The Balaban J connectivity index is 1.63. The Hall–Kier alpha value is -1.93. The van der Waals surface area contributed by atoms with Crippen molar-refractivity contribution in [3.63, 3.8) is 0 Å². The van der Waals surface area contributed by atoms with E-state index in [4.69, 9.17) is 16.3 Å². The molecule has 7 nitrogen and oxygen atoms in total. The van der Waals surface area contributed by atoms with Gasteiger partial charge in [0.05, 0.1) is 6.54 Å². The van der Waals surface area contributed by atoms with E-state index in [1.165, 1.54) is 17.7 Å². The van der Waals surface area contributed by atoms with Gasteiger partial charge in [-0.25, -0.2) is 14.8 Å². The Bertz CT molecular complexity index is 817. The van der Waals surface area contributed by atoms with E-state index in [0.29, 0.717) is 24.7 Å². The fourth-order valence-corrected chi connectivity index (χ4v) is 3.88. The number of ether oxygens (including phenoxy) is 1. The summed E-state index contributed by atoms with van der Waals surface area (Å²) in [5.74, 6) is -0.111. The van der Waals surface area contributed by atoms with Crippen LogP contribution in [0, 0.1) is 0 Å². The summed E-state index contributed by atoms with van der Waals surface area (Å²) in [6.45, 7) is 6.39. The van der Waals surface area contributed by atoms with Gasteiger partial charge < -0.3 is 15.0 Å². The van der Waals surface area contributed by atoms with E-state index < -0.39 is 17.7 Å². The topological polar surface area (TPSA) is 84.4 Å². The van der Waals surface area contributed by atoms with E-state index in [-0.39, 0.29) is 5.91 Å². The molecule has 1 saturated heterocycles. The van der Waals surface area contributed by atoms with Crippen LogP contribution in [0.15, 0.2) is 12.4 Å². The van der Waals surface area contributed by atoms with Crippen molar-refractivity contribution in [2.24, 2.45) is 0 Å². The minimum atomic E-state index is -0.594. The van der Waals surface area contributed by atoms with Crippen LogP contribution in [0.25, 0.3) is 10.2 Å². The van der Waals surface area contributed by atoms with Crippen LogP contribution in [0.2, 0.25) is 5.15 Å². The van der Waals surface area contributed by atoms with Gasteiger partial charge in [-0.3, -0.25) is 4.79 Å². The van der Waals surface area contributed by atoms with Gasteiger partial charge in [0.15, 0.2) is 0 Å². The molecule has 3 rings (SSSR count). The molecule has 1 aliphatic heterocycles. The number of thiophene rings is 1. The largest absolute Gasteiger partial charge is 0.444 e. The highest BCUT2D eigenvalue weighted by molar-refractivity contribution is 7.18. The number of hydrogen-bond donors (Lipinski definition) is 1. The third kappa shape index (κ3) is 4.19. The summed E-state index contributed by atoms with van der Waals surface area (Å²) >= 11 is 7.54. The van der Waals surface area contributed by atoms with Crippen molar-refractivity contribution in [2.45, 2.75) is 45.4 Å². The van der Waals surface area contributed by atoms with Crippen LogP contribution in [0.4, 0.5) is 4.79 Å². The Kier molecular flexibility index (Phi) is 4.83. The van der Waals surface area contributed by atoms with Gasteiger partial charge in [-0.2, -0.15) is 0 Å². The van der Waals surface area contributed by atoms with Gasteiger partial charge in [-0.1, -0.05) is 11.6 Å². The second-order valence-corrected chi connectivity index (χ2v) is 8.32. The maximum absolute atomic E-state index is 12.5. The van der Waals surface area contributed by atoms with Crippen LogP contribution in [-0.4, -0.2) is 45.1 Å². The average Bonchev–Trinajstić information content (AvgIpc) is 3.04. The molecule has 1 N–H and O–H groups in total. The number of carbonyl (C=O) groups excluding carboxylic acids is 2. The molecule has 1 fully saturated rings. The smallest absolute Gasteiger partial charge is 0.408 e. The van der Waals surface area contributed by atoms with Gasteiger partial charge in [0.1, 0.15) is 28.0 Å². The number of nitrogens with zero attached hydrogens (tertiary/aromatic N) is 3. The summed E-state index contributed by atoms with van der Waals surface area (Å²) in [6, 6.07) is 1.36. The Morgan fingerprint density at radius 2 is 2.24 bits per heavy atom. The van der Waals surface area contributed by atoms with Crippen molar-refractivity contribution in [1.82, 2.24) is 20.2 Å². The lowest BCUT2D eigenvalue weighted by Crippen LogP contribution is -2.43. The molecule has 25 heavy (non-hydrogen) atoms. The molecule has 2 aromatic heterocycles. The first-order valence-electron chi connectivity index (χ1n) is 7.90. The molecule has 2 amide bonds. The van der Waals surface area contributed by atoms with E-state index in [2.05, 4.69) is 15.3 Å². The number of carbonyl (C=O) groups is 2. The van der Waals surface area contributed by atoms with Crippen molar-refractivity contribution in [3.8, 4) is 0 Å². The number of rotatable bonds is 3. The molecule has 0 aliphatic carbocycles. The molecule has 9 heteroatoms. The molecule has 0 spiro atoms. The standard InChI is InChI=1S/C16H19ClN4O3S/c1-16(2,3)24-15(23)20-11-4-5-21(14(11)22)7-9-6-10-12(17)18-8-19-13(10)25-9/h6,8,11H,4-5,7H2,1-3H3,(H,20,23). The van der Waals surface area contributed by atoms with Crippen molar-refractivity contribution in [3.05, 3.63) is 22.4 Å². The zero-order valence-corrected chi connectivity index (χ0v) is 15.8. The fourth-order valence-electron chi connectivity index (χ4n) is 2.62. The number of amides is 2. The van der Waals surface area contributed by atoms with Gasteiger partial charge in [0, 0.05) is 16.8 Å². The number of alkyl carbamates (subject to hydrolysis) is 1. The minimum Gasteiger partial charge on any atom is -0.444 e. The second-order valence-electron chi connectivity index (χ2n) is 6.84. The van der Waals surface area contributed by atoms with E-state index >= 15 is 0 Å². The highest BCUT2D eigenvalue weighted by Gasteiger charge is 2.34. The Morgan fingerprint density at radius 1 is 1.48 bits per heavy atom. The summed E-state index contributed by atoms with van der Waals surface area (Å²) in [5.41, 5.74) is -0.594. The first-order chi connectivity index (χ1) is 11.7. The predicted molar refractivity (Wildman–Crippen MR) is 95.6 cm³/mol. The molecule has 0 aromatic carbocycles. The highest BCUT2D eigenvalue weighted by Crippen LogP contribution is 2.29. The van der Waals surface area contributed by atoms with Crippen LogP contribution >= 0.6 is 22.9 Å². The quantitative estimate of drug-likeness (QED) is 0.825. The van der Waals surface area contributed by atoms with E-state index in [1.54, 1.807) is 25.7 Å². The summed E-state index contributed by atoms with van der Waals surface area (Å²) in [4.78, 5) is 36.0. The number of nitrogens with one attached hydrogen (secondary N) is 1. The molecule has 3 heterocycles. The minimum absolute atomic E-state index is 0.111. The number of halogens is 1. The summed E-state index contributed by atoms with van der Waals surface area (Å²) < 4.78 is 5.21. The summed E-state index contributed by atoms with van der Waals surface area (Å²) in [5, 5.41) is 3.84. The van der Waals surface area contributed by atoms with Crippen LogP contribution in [0.5, 0.6) is 0 Å². The first kappa shape index (κ1) is 17.9. The number of fused-ring (bicyclic) bond motifs is 1. The third-order valence-corrected chi connectivity index (χ3v) is 5.00. The summed E-state index contributed by atoms with van der Waals surface area (Å²) in [7, 11) is 0. The monoisotopic (exact) mass is 382 g/mol. The lowest BCUT2D eigenvalue weighted by atomic mass is 10.2. The maximum Gasteiger partial charge on any atom is 0.408 e. The first-order valence-corrected chi connectivity index (χ1v) is 9.09. The predicted octanol–water partition coefficient (Wildman–Crippen LogP) is 2.97. The number of likely N-dealkylation sites (tertiary alicyclic amines) is 1. The van der Waals surface area contributed by atoms with Gasteiger partial charge in [-0.15, -0.1) is 11.3 Å². The molecule has 0 saturated carbocycles. The van der Waals surface area contributed by atoms with E-state index in [0.717, 1.165) is 15.1 Å². The van der Waals surface area contributed by atoms with Crippen LogP contribution in [0.1, 0.15) is 32.1 Å². The molecule has 0 radical (unpaired) electrons. The Labute approximate surface area is 154 Å². The fraction of sp³-hybridized carbons (Fsp3) is 0.500. The van der Waals surface area contributed by atoms with Gasteiger partial charge in [0.2, 0.25) is 5.91 Å². The maximum atomic E-state index is 12.5. The molecular formula is C16H19ClN4O3S. The molecule has 134 valence electrons. The van der Waals surface area contributed by atoms with Gasteiger partial charge in [0.25, 0.3) is 0 Å². The molecule has 1 unspecified atom stereocenters. The van der Waals surface area contributed by atoms with E-state index in [9.17, 15) is 9.59 Å². The van der Waals surface area contributed by atoms with E-state index in [1.807, 2.05) is 6.07 Å². The van der Waals surface area contributed by atoms with Crippen molar-refractivity contribution >= 4 is 45.2 Å². The summed E-state index contributed by atoms with van der Waals surface area (Å²) in [6.07, 6.45) is 1.41. The number of hydrogen-bond acceptors (Lipinski definition) is 6. The highest BCUT2D eigenvalue weighted by atomic mass is 35.5. The molecule has 1 atom stereocenters. The SMILES string of the molecule is CC(C)(C)OC(=O)NC1CCN(Cc2cc3c(Cl)ncnc3s2)C1=O. The molecule has 2 aromatic rings. The average molecular weight is 383 g/mol. The molecule has 1 aliphatic rings. The van der Waals surface area contributed by atoms with Crippen molar-refractivity contribution < 1.29 is 14.3 Å². The van der Waals surface area contributed by atoms with Crippen molar-refractivity contribution in [2.75, 3.05) is 6.54 Å². The molecule has 0 bridgehead atoms. The lowest BCUT2D eigenvalue weighted by molar-refractivity contribution is -0.129. The second kappa shape index (κ2) is 6.76. The zero-order chi connectivity index (χ0) is 18.2. The van der Waals surface area contributed by atoms with Gasteiger partial charge >= 0.3 is 6.09 Å². The Morgan fingerprint density at radius 3 is 2.92 bits per heavy atom.